The van der Waals surface area contributed by atoms with Crippen molar-refractivity contribution in [2.75, 3.05) is 11.1 Å². The Bertz CT molecular complexity index is 392. The van der Waals surface area contributed by atoms with Gasteiger partial charge in [0.05, 0.1) is 5.56 Å². The third-order valence-corrected chi connectivity index (χ3v) is 6.02. The summed E-state index contributed by atoms with van der Waals surface area (Å²) in [7, 11) is 0. The van der Waals surface area contributed by atoms with Crippen molar-refractivity contribution in [2.45, 2.75) is 37.8 Å². The number of rotatable bonds is 6. The van der Waals surface area contributed by atoms with Crippen LogP contribution in [0.3, 0.4) is 0 Å². The summed E-state index contributed by atoms with van der Waals surface area (Å²) in [4.78, 5) is 0.682. The highest BCUT2D eigenvalue weighted by Crippen LogP contribution is 2.37. The number of halogens is 4. The molecule has 0 unspecified atom stereocenters. The summed E-state index contributed by atoms with van der Waals surface area (Å²) in [6.45, 7) is 4.24. The number of benzene rings is 1. The van der Waals surface area contributed by atoms with Crippen molar-refractivity contribution in [3.8, 4) is 0 Å². The fraction of sp³-hybridized carbons (Fsp3) is 0.571. The van der Waals surface area contributed by atoms with Crippen LogP contribution < -0.4 is 0 Å². The highest BCUT2D eigenvalue weighted by molar-refractivity contribution is 9.09. The van der Waals surface area contributed by atoms with E-state index in [9.17, 15) is 13.2 Å². The lowest BCUT2D eigenvalue weighted by atomic mass is 9.87. The molecule has 0 saturated carbocycles. The monoisotopic (exact) mass is 354 g/mol. The molecule has 0 aliphatic carbocycles. The largest absolute Gasteiger partial charge is 0.416 e. The fourth-order valence-electron chi connectivity index (χ4n) is 1.68. The Kier molecular flexibility index (Phi) is 6.24. The molecule has 5 heteroatoms. The zero-order valence-electron chi connectivity index (χ0n) is 11.1. The van der Waals surface area contributed by atoms with Crippen LogP contribution in [-0.4, -0.2) is 11.1 Å². The molecule has 19 heavy (non-hydrogen) atoms. The highest BCUT2D eigenvalue weighted by atomic mass is 79.9. The second-order valence-corrected chi connectivity index (χ2v) is 6.26. The van der Waals surface area contributed by atoms with E-state index in [1.54, 1.807) is 6.07 Å². The normalized spacial score (nSPS) is 12.7. The molecular formula is C14H18BrF3S. The Hall–Kier alpha value is -0.160. The standard InChI is InChI=1S/C14H18BrF3S/c1-3-13(4-2,9-15)10-19-12-7-5-6-11(8-12)14(16,17)18/h5-8H,3-4,9-10H2,1-2H3. The van der Waals surface area contributed by atoms with E-state index in [2.05, 4.69) is 29.8 Å². The highest BCUT2D eigenvalue weighted by Gasteiger charge is 2.31. The lowest BCUT2D eigenvalue weighted by Crippen LogP contribution is -2.23. The first-order valence-corrected chi connectivity index (χ1v) is 8.33. The van der Waals surface area contributed by atoms with Crippen molar-refractivity contribution in [3.05, 3.63) is 29.8 Å². The molecule has 1 aromatic carbocycles. The van der Waals surface area contributed by atoms with Crippen LogP contribution >= 0.6 is 27.7 Å². The van der Waals surface area contributed by atoms with Gasteiger partial charge in [-0.15, -0.1) is 11.8 Å². The van der Waals surface area contributed by atoms with Gasteiger partial charge in [0, 0.05) is 16.0 Å². The first-order valence-electron chi connectivity index (χ1n) is 6.23. The van der Waals surface area contributed by atoms with Crippen LogP contribution in [0.2, 0.25) is 0 Å². The molecule has 0 aromatic heterocycles. The van der Waals surface area contributed by atoms with Gasteiger partial charge in [0.2, 0.25) is 0 Å². The second-order valence-electron chi connectivity index (χ2n) is 4.66. The van der Waals surface area contributed by atoms with Crippen LogP contribution in [0.4, 0.5) is 13.2 Å². The number of alkyl halides is 4. The van der Waals surface area contributed by atoms with E-state index in [0.29, 0.717) is 4.90 Å². The molecule has 0 saturated heterocycles. The Morgan fingerprint density at radius 1 is 1.16 bits per heavy atom. The minimum atomic E-state index is -4.27. The fourth-order valence-corrected chi connectivity index (χ4v) is 4.30. The lowest BCUT2D eigenvalue weighted by Gasteiger charge is -2.29. The predicted octanol–water partition coefficient (Wildman–Crippen LogP) is 6.00. The SMILES string of the molecule is CCC(CC)(CBr)CSc1cccc(C(F)(F)F)c1. The first kappa shape index (κ1) is 16.9. The Morgan fingerprint density at radius 3 is 2.26 bits per heavy atom. The topological polar surface area (TPSA) is 0 Å². The molecule has 0 fully saturated rings. The molecule has 0 atom stereocenters. The van der Waals surface area contributed by atoms with Gasteiger partial charge in [-0.1, -0.05) is 35.8 Å². The van der Waals surface area contributed by atoms with Crippen molar-refractivity contribution in [1.29, 1.82) is 0 Å². The van der Waals surface area contributed by atoms with E-state index >= 15 is 0 Å². The van der Waals surface area contributed by atoms with E-state index in [-0.39, 0.29) is 5.41 Å². The van der Waals surface area contributed by atoms with Crippen molar-refractivity contribution >= 4 is 27.7 Å². The molecule has 0 amide bonds. The minimum absolute atomic E-state index is 0.152. The van der Waals surface area contributed by atoms with Crippen LogP contribution in [0, 0.1) is 5.41 Å². The van der Waals surface area contributed by atoms with Crippen LogP contribution in [0.15, 0.2) is 29.2 Å². The van der Waals surface area contributed by atoms with Crippen LogP contribution in [-0.2, 0) is 6.18 Å². The smallest absolute Gasteiger partial charge is 0.166 e. The van der Waals surface area contributed by atoms with Gasteiger partial charge in [-0.3, -0.25) is 0 Å². The zero-order valence-corrected chi connectivity index (χ0v) is 13.5. The molecule has 0 radical (unpaired) electrons. The van der Waals surface area contributed by atoms with Gasteiger partial charge in [-0.05, 0) is 36.5 Å². The van der Waals surface area contributed by atoms with Gasteiger partial charge in [-0.25, -0.2) is 0 Å². The summed E-state index contributed by atoms with van der Waals surface area (Å²) in [5, 5.41) is 0.874. The van der Waals surface area contributed by atoms with Crippen molar-refractivity contribution < 1.29 is 13.2 Å². The third-order valence-electron chi connectivity index (χ3n) is 3.49. The Labute approximate surface area is 125 Å². The zero-order chi connectivity index (χ0) is 14.5. The maximum Gasteiger partial charge on any atom is 0.416 e. The Morgan fingerprint density at radius 2 is 1.79 bits per heavy atom. The summed E-state index contributed by atoms with van der Waals surface area (Å²) in [5.41, 5.74) is -0.422. The molecule has 0 bridgehead atoms. The molecule has 0 spiro atoms. The average Bonchev–Trinajstić information content (AvgIpc) is 2.40. The molecule has 0 aliphatic rings. The minimum Gasteiger partial charge on any atom is -0.166 e. The van der Waals surface area contributed by atoms with E-state index in [1.165, 1.54) is 23.9 Å². The number of hydrogen-bond acceptors (Lipinski definition) is 1. The van der Waals surface area contributed by atoms with Gasteiger partial charge in [0.15, 0.2) is 0 Å². The van der Waals surface area contributed by atoms with Crippen molar-refractivity contribution in [1.82, 2.24) is 0 Å². The molecule has 0 heterocycles. The molecule has 0 nitrogen and oxygen atoms in total. The molecule has 0 aliphatic heterocycles. The summed E-state index contributed by atoms with van der Waals surface area (Å²) < 4.78 is 37.9. The second kappa shape index (κ2) is 7.02. The average molecular weight is 355 g/mol. The van der Waals surface area contributed by atoms with Gasteiger partial charge >= 0.3 is 6.18 Å². The third kappa shape index (κ3) is 4.71. The van der Waals surface area contributed by atoms with E-state index in [1.807, 2.05) is 0 Å². The molecular weight excluding hydrogens is 337 g/mol. The maximum absolute atomic E-state index is 12.6. The number of thioether (sulfide) groups is 1. The number of hydrogen-bond donors (Lipinski definition) is 0. The van der Waals surface area contributed by atoms with Gasteiger partial charge in [0.1, 0.15) is 0 Å². The predicted molar refractivity (Wildman–Crippen MR) is 79.0 cm³/mol. The van der Waals surface area contributed by atoms with Gasteiger partial charge < -0.3 is 0 Å². The van der Waals surface area contributed by atoms with E-state index in [4.69, 9.17) is 0 Å². The van der Waals surface area contributed by atoms with Crippen molar-refractivity contribution in [3.63, 3.8) is 0 Å². The molecule has 1 rings (SSSR count). The lowest BCUT2D eigenvalue weighted by molar-refractivity contribution is -0.137. The van der Waals surface area contributed by atoms with Gasteiger partial charge in [-0.2, -0.15) is 13.2 Å². The van der Waals surface area contributed by atoms with E-state index in [0.717, 1.165) is 30.0 Å². The van der Waals surface area contributed by atoms with Crippen molar-refractivity contribution in [2.24, 2.45) is 5.41 Å². The van der Waals surface area contributed by atoms with Crippen LogP contribution in [0.1, 0.15) is 32.3 Å². The van der Waals surface area contributed by atoms with Crippen LogP contribution in [0.25, 0.3) is 0 Å². The summed E-state index contributed by atoms with van der Waals surface area (Å²) in [6.07, 6.45) is -2.24. The molecule has 1 aromatic rings. The van der Waals surface area contributed by atoms with E-state index < -0.39 is 11.7 Å². The summed E-state index contributed by atoms with van der Waals surface area (Å²) in [5.74, 6) is 0.826. The van der Waals surface area contributed by atoms with Crippen LogP contribution in [0.5, 0.6) is 0 Å². The first-order chi connectivity index (χ1) is 8.87. The quantitative estimate of drug-likeness (QED) is 0.446. The molecule has 108 valence electrons. The summed E-state index contributed by atoms with van der Waals surface area (Å²) in [6, 6.07) is 5.56. The molecule has 0 N–H and O–H groups in total. The maximum atomic E-state index is 12.6. The van der Waals surface area contributed by atoms with Gasteiger partial charge in [0.25, 0.3) is 0 Å². The Balaban J connectivity index is 2.78. The summed E-state index contributed by atoms with van der Waals surface area (Å²) >= 11 is 5.02.